The van der Waals surface area contributed by atoms with Gasteiger partial charge in [0.15, 0.2) is 0 Å². The topological polar surface area (TPSA) is 78.4 Å². The van der Waals surface area contributed by atoms with Gasteiger partial charge in [-0.3, -0.25) is 0 Å². The largest absolute Gasteiger partial charge is 0.395 e. The fourth-order valence-electron chi connectivity index (χ4n) is 1.41. The Hall–Kier alpha value is -1.11. The molecule has 0 fully saturated rings. The molecule has 3 N–H and O–H groups in total. The molecule has 0 aliphatic heterocycles. The van der Waals surface area contributed by atoms with Gasteiger partial charge in [-0.1, -0.05) is 12.1 Å². The second-order valence-electron chi connectivity index (χ2n) is 3.92. The minimum absolute atomic E-state index is 0.0496. The summed E-state index contributed by atoms with van der Waals surface area (Å²) in [5.74, 6) is 0. The molecule has 0 bridgehead atoms. The van der Waals surface area contributed by atoms with Gasteiger partial charge in [0, 0.05) is 12.6 Å². The standard InChI is InChI=1S/C11H18N2O3S/c1-9(2)13-17(15,16)11-6-4-3-5-10(11)12-7-8-14/h3-6,9,12-14H,7-8H2,1-2H3. The summed E-state index contributed by atoms with van der Waals surface area (Å²) in [7, 11) is -3.51. The quantitative estimate of drug-likeness (QED) is 0.704. The highest BCUT2D eigenvalue weighted by atomic mass is 32.2. The summed E-state index contributed by atoms with van der Waals surface area (Å²) in [6, 6.07) is 6.45. The summed E-state index contributed by atoms with van der Waals surface area (Å²) in [4.78, 5) is 0.196. The zero-order valence-corrected chi connectivity index (χ0v) is 10.8. The van der Waals surface area contributed by atoms with Crippen LogP contribution in [0.1, 0.15) is 13.8 Å². The first-order valence-corrected chi connectivity index (χ1v) is 6.92. The Labute approximate surface area is 102 Å². The molecule has 0 aromatic heterocycles. The molecule has 0 heterocycles. The molecule has 1 rings (SSSR count). The van der Waals surface area contributed by atoms with Gasteiger partial charge in [-0.05, 0) is 26.0 Å². The summed E-state index contributed by atoms with van der Waals surface area (Å²) in [5, 5.41) is 11.6. The van der Waals surface area contributed by atoms with Crippen molar-refractivity contribution in [3.05, 3.63) is 24.3 Å². The van der Waals surface area contributed by atoms with Crippen LogP contribution in [-0.4, -0.2) is 32.7 Å². The second-order valence-corrected chi connectivity index (χ2v) is 5.60. The van der Waals surface area contributed by atoms with Crippen molar-refractivity contribution in [3.8, 4) is 0 Å². The van der Waals surface area contributed by atoms with Crippen LogP contribution in [-0.2, 0) is 10.0 Å². The third-order valence-electron chi connectivity index (χ3n) is 1.99. The summed E-state index contributed by atoms with van der Waals surface area (Å²) < 4.78 is 26.5. The molecule has 0 atom stereocenters. The smallest absolute Gasteiger partial charge is 0.242 e. The average molecular weight is 258 g/mol. The van der Waals surface area contributed by atoms with Crippen LogP contribution in [0.15, 0.2) is 29.2 Å². The van der Waals surface area contributed by atoms with Crippen LogP contribution < -0.4 is 10.0 Å². The average Bonchev–Trinajstić information content (AvgIpc) is 2.25. The lowest BCUT2D eigenvalue weighted by atomic mass is 10.3. The molecule has 0 spiro atoms. The molecule has 17 heavy (non-hydrogen) atoms. The first-order valence-electron chi connectivity index (χ1n) is 5.43. The fourth-order valence-corrected chi connectivity index (χ4v) is 2.85. The molecule has 0 amide bonds. The lowest BCUT2D eigenvalue weighted by Gasteiger charge is -2.14. The number of hydrogen-bond donors (Lipinski definition) is 3. The van der Waals surface area contributed by atoms with Crippen molar-refractivity contribution in [2.45, 2.75) is 24.8 Å². The number of aliphatic hydroxyl groups is 1. The molecule has 0 saturated heterocycles. The molecule has 0 saturated carbocycles. The maximum atomic E-state index is 12.0. The number of aliphatic hydroxyl groups excluding tert-OH is 1. The van der Waals surface area contributed by atoms with Crippen LogP contribution in [0, 0.1) is 0 Å². The Morgan fingerprint density at radius 3 is 2.53 bits per heavy atom. The number of para-hydroxylation sites is 1. The number of anilines is 1. The van der Waals surface area contributed by atoms with E-state index in [-0.39, 0.29) is 17.5 Å². The Morgan fingerprint density at radius 1 is 1.29 bits per heavy atom. The highest BCUT2D eigenvalue weighted by Crippen LogP contribution is 2.20. The van der Waals surface area contributed by atoms with Gasteiger partial charge in [-0.15, -0.1) is 0 Å². The molecule has 0 aliphatic rings. The van der Waals surface area contributed by atoms with E-state index < -0.39 is 10.0 Å². The Bertz CT molecular complexity index is 458. The van der Waals surface area contributed by atoms with Gasteiger partial charge in [0.05, 0.1) is 12.3 Å². The van der Waals surface area contributed by atoms with E-state index in [1.54, 1.807) is 32.0 Å². The van der Waals surface area contributed by atoms with E-state index in [1.165, 1.54) is 6.07 Å². The normalized spacial score (nSPS) is 11.8. The van der Waals surface area contributed by atoms with E-state index in [9.17, 15) is 8.42 Å². The van der Waals surface area contributed by atoms with Gasteiger partial charge in [0.25, 0.3) is 0 Å². The minimum Gasteiger partial charge on any atom is -0.395 e. The van der Waals surface area contributed by atoms with E-state index >= 15 is 0 Å². The van der Waals surface area contributed by atoms with Crippen LogP contribution >= 0.6 is 0 Å². The molecule has 96 valence electrons. The lowest BCUT2D eigenvalue weighted by molar-refractivity contribution is 0.311. The van der Waals surface area contributed by atoms with Gasteiger partial charge in [0.2, 0.25) is 10.0 Å². The van der Waals surface area contributed by atoms with Crippen molar-refractivity contribution in [2.75, 3.05) is 18.5 Å². The molecular formula is C11H18N2O3S. The van der Waals surface area contributed by atoms with E-state index in [1.807, 2.05) is 0 Å². The third kappa shape index (κ3) is 3.99. The van der Waals surface area contributed by atoms with Crippen LogP contribution in [0.2, 0.25) is 0 Å². The van der Waals surface area contributed by atoms with E-state index in [2.05, 4.69) is 10.0 Å². The van der Waals surface area contributed by atoms with Crippen molar-refractivity contribution in [1.29, 1.82) is 0 Å². The van der Waals surface area contributed by atoms with Crippen molar-refractivity contribution in [2.24, 2.45) is 0 Å². The minimum atomic E-state index is -3.51. The van der Waals surface area contributed by atoms with Crippen LogP contribution in [0.25, 0.3) is 0 Å². The number of rotatable bonds is 6. The first kappa shape index (κ1) is 14.0. The molecule has 1 aromatic carbocycles. The first-order chi connectivity index (χ1) is 7.97. The molecule has 1 aromatic rings. The van der Waals surface area contributed by atoms with E-state index in [0.717, 1.165) is 0 Å². The molecule has 5 nitrogen and oxygen atoms in total. The zero-order valence-electron chi connectivity index (χ0n) is 9.97. The Balaban J connectivity index is 3.04. The summed E-state index contributed by atoms with van der Waals surface area (Å²) in [6.07, 6.45) is 0. The van der Waals surface area contributed by atoms with Crippen LogP contribution in [0.4, 0.5) is 5.69 Å². The lowest BCUT2D eigenvalue weighted by Crippen LogP contribution is -2.30. The summed E-state index contributed by atoms with van der Waals surface area (Å²) in [5.41, 5.74) is 0.495. The zero-order chi connectivity index (χ0) is 12.9. The predicted molar refractivity (Wildman–Crippen MR) is 67.5 cm³/mol. The maximum Gasteiger partial charge on any atom is 0.242 e. The van der Waals surface area contributed by atoms with Crippen molar-refractivity contribution < 1.29 is 13.5 Å². The van der Waals surface area contributed by atoms with Crippen molar-refractivity contribution in [1.82, 2.24) is 4.72 Å². The molecule has 0 aliphatic carbocycles. The van der Waals surface area contributed by atoms with Crippen molar-refractivity contribution >= 4 is 15.7 Å². The maximum absolute atomic E-state index is 12.0. The summed E-state index contributed by atoms with van der Waals surface area (Å²) in [6.45, 7) is 3.79. The van der Waals surface area contributed by atoms with Gasteiger partial charge < -0.3 is 10.4 Å². The number of benzene rings is 1. The molecule has 0 unspecified atom stereocenters. The monoisotopic (exact) mass is 258 g/mol. The Morgan fingerprint density at radius 2 is 1.94 bits per heavy atom. The molecule has 0 radical (unpaired) electrons. The highest BCUT2D eigenvalue weighted by molar-refractivity contribution is 7.89. The van der Waals surface area contributed by atoms with Gasteiger partial charge in [-0.2, -0.15) is 0 Å². The second kappa shape index (κ2) is 6.00. The van der Waals surface area contributed by atoms with Crippen molar-refractivity contribution in [3.63, 3.8) is 0 Å². The van der Waals surface area contributed by atoms with Gasteiger partial charge in [-0.25, -0.2) is 13.1 Å². The van der Waals surface area contributed by atoms with E-state index in [0.29, 0.717) is 12.2 Å². The third-order valence-corrected chi connectivity index (χ3v) is 3.71. The summed E-state index contributed by atoms with van der Waals surface area (Å²) >= 11 is 0. The number of nitrogens with one attached hydrogen (secondary N) is 2. The Kier molecular flexibility index (Phi) is 4.92. The number of hydrogen-bond acceptors (Lipinski definition) is 4. The highest BCUT2D eigenvalue weighted by Gasteiger charge is 2.18. The van der Waals surface area contributed by atoms with Crippen LogP contribution in [0.5, 0.6) is 0 Å². The predicted octanol–water partition coefficient (Wildman–Crippen LogP) is 0.777. The molecule has 6 heteroatoms. The van der Waals surface area contributed by atoms with E-state index in [4.69, 9.17) is 5.11 Å². The van der Waals surface area contributed by atoms with Gasteiger partial charge in [0.1, 0.15) is 4.90 Å². The number of sulfonamides is 1. The van der Waals surface area contributed by atoms with Crippen LogP contribution in [0.3, 0.4) is 0 Å². The SMILES string of the molecule is CC(C)NS(=O)(=O)c1ccccc1NCCO. The fraction of sp³-hybridized carbons (Fsp3) is 0.455. The molecular weight excluding hydrogens is 240 g/mol. The van der Waals surface area contributed by atoms with Gasteiger partial charge >= 0.3 is 0 Å².